The maximum atomic E-state index is 14.0. The number of nitrogens with zero attached hydrogens (tertiary/aromatic N) is 3. The lowest BCUT2D eigenvalue weighted by atomic mass is 10.1. The molecule has 4 rings (SSSR count). The molecule has 1 unspecified atom stereocenters. The topological polar surface area (TPSA) is 105 Å². The first-order valence-electron chi connectivity index (χ1n) is 10.5. The van der Waals surface area contributed by atoms with Crippen molar-refractivity contribution in [2.75, 3.05) is 13.6 Å². The molecule has 1 aliphatic heterocycles. The van der Waals surface area contributed by atoms with Crippen LogP contribution in [0.25, 0.3) is 10.6 Å². The summed E-state index contributed by atoms with van der Waals surface area (Å²) in [6.45, 7) is 3.62. The summed E-state index contributed by atoms with van der Waals surface area (Å²) in [5, 5.41) is 13.5. The Morgan fingerprint density at radius 2 is 2.06 bits per heavy atom. The SMILES string of the molecule is CNC(=O)C1CN(C(C)C)C(=O)c2c(O)c(=O)c(-c3ncc(Cc4ccc(F)cc4F)s3)cn21. The Kier molecular flexibility index (Phi) is 6.22. The molecule has 0 radical (unpaired) electrons. The van der Waals surface area contributed by atoms with Crippen LogP contribution in [0.5, 0.6) is 5.75 Å². The molecule has 11 heteroatoms. The number of benzene rings is 1. The molecule has 8 nitrogen and oxygen atoms in total. The van der Waals surface area contributed by atoms with E-state index in [9.17, 15) is 28.3 Å². The van der Waals surface area contributed by atoms with Gasteiger partial charge in [0.05, 0.1) is 12.1 Å². The van der Waals surface area contributed by atoms with Crippen LogP contribution in [0.2, 0.25) is 0 Å². The molecule has 34 heavy (non-hydrogen) atoms. The molecule has 0 bridgehead atoms. The molecule has 1 aromatic carbocycles. The highest BCUT2D eigenvalue weighted by atomic mass is 32.1. The van der Waals surface area contributed by atoms with Crippen molar-refractivity contribution in [3.05, 3.63) is 68.6 Å². The van der Waals surface area contributed by atoms with Crippen LogP contribution in [0.4, 0.5) is 8.78 Å². The van der Waals surface area contributed by atoms with Crippen molar-refractivity contribution in [2.45, 2.75) is 32.4 Å². The summed E-state index contributed by atoms with van der Waals surface area (Å²) < 4.78 is 28.5. The van der Waals surface area contributed by atoms with Crippen molar-refractivity contribution in [3.8, 4) is 16.3 Å². The van der Waals surface area contributed by atoms with Crippen molar-refractivity contribution in [3.63, 3.8) is 0 Å². The average molecular weight is 489 g/mol. The number of rotatable bonds is 5. The number of carbonyl (C=O) groups is 2. The summed E-state index contributed by atoms with van der Waals surface area (Å²) in [5.74, 6) is -3.07. The van der Waals surface area contributed by atoms with Gasteiger partial charge in [-0.2, -0.15) is 0 Å². The lowest BCUT2D eigenvalue weighted by Crippen LogP contribution is -2.51. The lowest BCUT2D eigenvalue weighted by Gasteiger charge is -2.37. The molecule has 0 aliphatic carbocycles. The minimum Gasteiger partial charge on any atom is -0.503 e. The van der Waals surface area contributed by atoms with E-state index in [2.05, 4.69) is 10.3 Å². The number of aromatic nitrogens is 2. The number of likely N-dealkylation sites (N-methyl/N-ethyl adjacent to an activating group) is 1. The molecular formula is C23H22F2N4O4S. The molecular weight excluding hydrogens is 466 g/mol. The highest BCUT2D eigenvalue weighted by molar-refractivity contribution is 7.15. The van der Waals surface area contributed by atoms with E-state index >= 15 is 0 Å². The van der Waals surface area contributed by atoms with Gasteiger partial charge in [0.25, 0.3) is 5.91 Å². The van der Waals surface area contributed by atoms with Crippen LogP contribution >= 0.6 is 11.3 Å². The summed E-state index contributed by atoms with van der Waals surface area (Å²) in [7, 11) is 1.46. The van der Waals surface area contributed by atoms with E-state index < -0.39 is 34.8 Å². The van der Waals surface area contributed by atoms with Crippen molar-refractivity contribution < 1.29 is 23.5 Å². The predicted molar refractivity (Wildman–Crippen MR) is 122 cm³/mol. The van der Waals surface area contributed by atoms with Crippen molar-refractivity contribution in [1.82, 2.24) is 19.8 Å². The molecule has 0 fully saturated rings. The van der Waals surface area contributed by atoms with E-state index in [4.69, 9.17) is 0 Å². The zero-order chi connectivity index (χ0) is 24.7. The van der Waals surface area contributed by atoms with E-state index in [1.54, 1.807) is 13.8 Å². The smallest absolute Gasteiger partial charge is 0.274 e. The molecule has 0 saturated carbocycles. The lowest BCUT2D eigenvalue weighted by molar-refractivity contribution is -0.124. The van der Waals surface area contributed by atoms with Crippen LogP contribution < -0.4 is 10.7 Å². The largest absolute Gasteiger partial charge is 0.503 e. The summed E-state index contributed by atoms with van der Waals surface area (Å²) in [6, 6.07) is 2.17. The first kappa shape index (κ1) is 23.6. The summed E-state index contributed by atoms with van der Waals surface area (Å²) in [6.07, 6.45) is 2.95. The van der Waals surface area contributed by atoms with Gasteiger partial charge in [0, 0.05) is 42.8 Å². The van der Waals surface area contributed by atoms with Crippen LogP contribution in [0, 0.1) is 11.6 Å². The highest BCUT2D eigenvalue weighted by Gasteiger charge is 2.38. The number of pyridine rings is 1. The van der Waals surface area contributed by atoms with Gasteiger partial charge in [0.2, 0.25) is 11.3 Å². The molecule has 1 aliphatic rings. The number of amides is 2. The van der Waals surface area contributed by atoms with Gasteiger partial charge in [0.1, 0.15) is 22.7 Å². The van der Waals surface area contributed by atoms with Gasteiger partial charge in [-0.25, -0.2) is 13.8 Å². The Hall–Kier alpha value is -3.60. The number of halogens is 2. The summed E-state index contributed by atoms with van der Waals surface area (Å²) >= 11 is 1.10. The average Bonchev–Trinajstić information content (AvgIpc) is 3.25. The fourth-order valence-corrected chi connectivity index (χ4v) is 4.85. The zero-order valence-corrected chi connectivity index (χ0v) is 19.4. The summed E-state index contributed by atoms with van der Waals surface area (Å²) in [4.78, 5) is 44.9. The molecule has 3 aromatic rings. The van der Waals surface area contributed by atoms with E-state index in [0.717, 1.165) is 23.5 Å². The van der Waals surface area contributed by atoms with E-state index in [1.807, 2.05) is 0 Å². The standard InChI is InChI=1S/C23H22F2N4O4S/c1-11(2)28-10-17(21(32)26-3)29-9-15(19(30)20(31)18(29)23(28)33)22-27-8-14(34-22)6-12-4-5-13(24)7-16(12)25/h4-5,7-9,11,17,31H,6,10H2,1-3H3,(H,26,32). The Morgan fingerprint density at radius 3 is 2.71 bits per heavy atom. The number of carbonyl (C=O) groups excluding carboxylic acids is 2. The Balaban J connectivity index is 1.78. The molecule has 0 saturated heterocycles. The van der Waals surface area contributed by atoms with Crippen molar-refractivity contribution >= 4 is 23.2 Å². The first-order valence-corrected chi connectivity index (χ1v) is 11.3. The van der Waals surface area contributed by atoms with E-state index in [0.29, 0.717) is 4.88 Å². The monoisotopic (exact) mass is 488 g/mol. The maximum Gasteiger partial charge on any atom is 0.274 e. The fraction of sp³-hybridized carbons (Fsp3) is 0.304. The fourth-order valence-electron chi connectivity index (χ4n) is 3.91. The number of hydrogen-bond acceptors (Lipinski definition) is 6. The summed E-state index contributed by atoms with van der Waals surface area (Å²) in [5.41, 5.74) is -0.778. The highest BCUT2D eigenvalue weighted by Crippen LogP contribution is 2.32. The van der Waals surface area contributed by atoms with Gasteiger partial charge < -0.3 is 19.9 Å². The van der Waals surface area contributed by atoms with Crippen LogP contribution in [-0.4, -0.2) is 51.0 Å². The zero-order valence-electron chi connectivity index (χ0n) is 18.6. The number of nitrogens with one attached hydrogen (secondary N) is 1. The van der Waals surface area contributed by atoms with Gasteiger partial charge in [0.15, 0.2) is 11.4 Å². The molecule has 2 amide bonds. The number of aromatic hydroxyl groups is 1. The maximum absolute atomic E-state index is 14.0. The number of hydrogen-bond donors (Lipinski definition) is 2. The Labute approximate surface area is 197 Å². The van der Waals surface area contributed by atoms with Crippen molar-refractivity contribution in [1.29, 1.82) is 0 Å². The molecule has 0 spiro atoms. The quantitative estimate of drug-likeness (QED) is 0.575. The first-order chi connectivity index (χ1) is 16.1. The molecule has 178 valence electrons. The Morgan fingerprint density at radius 1 is 1.32 bits per heavy atom. The van der Waals surface area contributed by atoms with Gasteiger partial charge in [-0.1, -0.05) is 6.07 Å². The van der Waals surface area contributed by atoms with Crippen LogP contribution in [0.15, 0.2) is 35.4 Å². The number of thiazole rings is 1. The third-order valence-corrected chi connectivity index (χ3v) is 6.75. The van der Waals surface area contributed by atoms with Gasteiger partial charge >= 0.3 is 0 Å². The third-order valence-electron chi connectivity index (χ3n) is 5.72. The molecule has 3 heterocycles. The van der Waals surface area contributed by atoms with E-state index in [-0.39, 0.29) is 46.7 Å². The second kappa shape index (κ2) is 8.98. The predicted octanol–water partition coefficient (Wildman–Crippen LogP) is 2.70. The van der Waals surface area contributed by atoms with Gasteiger partial charge in [-0.05, 0) is 25.5 Å². The molecule has 2 N–H and O–H groups in total. The minimum atomic E-state index is -0.863. The third kappa shape index (κ3) is 4.07. The minimum absolute atomic E-state index is 0.0109. The molecule has 2 aromatic heterocycles. The van der Waals surface area contributed by atoms with Crippen LogP contribution in [0.3, 0.4) is 0 Å². The van der Waals surface area contributed by atoms with Gasteiger partial charge in [-0.15, -0.1) is 11.3 Å². The van der Waals surface area contributed by atoms with E-state index in [1.165, 1.54) is 35.0 Å². The molecule has 1 atom stereocenters. The van der Waals surface area contributed by atoms with Gasteiger partial charge in [-0.3, -0.25) is 14.4 Å². The normalized spacial score (nSPS) is 15.5. The second-order valence-electron chi connectivity index (χ2n) is 8.20. The second-order valence-corrected chi connectivity index (χ2v) is 9.32. The van der Waals surface area contributed by atoms with Crippen molar-refractivity contribution in [2.24, 2.45) is 0 Å². The van der Waals surface area contributed by atoms with Crippen LogP contribution in [0.1, 0.15) is 40.8 Å². The van der Waals surface area contributed by atoms with Crippen LogP contribution in [-0.2, 0) is 11.2 Å². The number of fused-ring (bicyclic) bond motifs is 1. The Bertz CT molecular complexity index is 1350.